The van der Waals surface area contributed by atoms with Crippen molar-refractivity contribution in [1.82, 2.24) is 20.1 Å². The summed E-state index contributed by atoms with van der Waals surface area (Å²) >= 11 is 0. The summed E-state index contributed by atoms with van der Waals surface area (Å²) in [6.45, 7) is 2.10. The van der Waals surface area contributed by atoms with Crippen molar-refractivity contribution < 1.29 is 14.3 Å². The Morgan fingerprint density at radius 2 is 1.90 bits per heavy atom. The van der Waals surface area contributed by atoms with Crippen LogP contribution in [0.15, 0.2) is 65.6 Å². The summed E-state index contributed by atoms with van der Waals surface area (Å²) < 4.78 is 14.6. The van der Waals surface area contributed by atoms with Gasteiger partial charge in [0.1, 0.15) is 22.8 Å². The van der Waals surface area contributed by atoms with Crippen molar-refractivity contribution in [1.29, 1.82) is 0 Å². The van der Waals surface area contributed by atoms with Crippen molar-refractivity contribution in [3.8, 4) is 5.75 Å². The zero-order valence-corrected chi connectivity index (χ0v) is 16.1. The number of nitrogens with zero attached hydrogens (tertiary/aromatic N) is 2. The van der Waals surface area contributed by atoms with E-state index < -0.39 is 28.8 Å². The second-order valence-electron chi connectivity index (χ2n) is 6.97. The number of hydrogen-bond donors (Lipinski definition) is 3. The third-order valence-electron chi connectivity index (χ3n) is 4.91. The van der Waals surface area contributed by atoms with Crippen LogP contribution in [0.25, 0.3) is 11.0 Å². The number of hydrogen-bond acceptors (Lipinski definition) is 4. The lowest BCUT2D eigenvalue weighted by molar-refractivity contribution is 0.0936. The Balaban J connectivity index is 1.64. The quantitative estimate of drug-likeness (QED) is 0.474. The summed E-state index contributed by atoms with van der Waals surface area (Å²) in [5.41, 5.74) is 0.842. The van der Waals surface area contributed by atoms with E-state index >= 15 is 0 Å². The minimum atomic E-state index is -0.733. The molecule has 0 aliphatic rings. The van der Waals surface area contributed by atoms with E-state index in [9.17, 15) is 19.1 Å². The number of amides is 1. The molecule has 4 rings (SSSR count). The van der Waals surface area contributed by atoms with Crippen LogP contribution in [0, 0.1) is 5.82 Å². The molecule has 30 heavy (non-hydrogen) atoms. The summed E-state index contributed by atoms with van der Waals surface area (Å²) in [5, 5.41) is 17.8. The van der Waals surface area contributed by atoms with Gasteiger partial charge in [-0.25, -0.2) is 9.07 Å². The molecule has 0 saturated heterocycles. The molecule has 0 aliphatic heterocycles. The third kappa shape index (κ3) is 3.67. The molecule has 1 unspecified atom stereocenters. The maximum atomic E-state index is 13.1. The average Bonchev–Trinajstić information content (AvgIpc) is 3.12. The van der Waals surface area contributed by atoms with Crippen molar-refractivity contribution in [2.45, 2.75) is 19.5 Å². The van der Waals surface area contributed by atoms with Crippen LogP contribution in [0.2, 0.25) is 0 Å². The van der Waals surface area contributed by atoms with Crippen LogP contribution in [0.3, 0.4) is 0 Å². The van der Waals surface area contributed by atoms with E-state index in [-0.39, 0.29) is 11.2 Å². The van der Waals surface area contributed by atoms with Gasteiger partial charge in [0.05, 0.1) is 24.2 Å². The number of rotatable bonds is 5. The van der Waals surface area contributed by atoms with E-state index in [0.717, 1.165) is 5.56 Å². The number of halogens is 1. The highest BCUT2D eigenvalue weighted by atomic mass is 19.1. The van der Waals surface area contributed by atoms with Gasteiger partial charge in [0, 0.05) is 0 Å². The van der Waals surface area contributed by atoms with Crippen LogP contribution in [0.5, 0.6) is 5.75 Å². The van der Waals surface area contributed by atoms with Crippen LogP contribution in [-0.2, 0) is 6.54 Å². The molecule has 4 aromatic rings. The van der Waals surface area contributed by atoms with Crippen molar-refractivity contribution in [3.63, 3.8) is 0 Å². The Kier molecular flexibility index (Phi) is 5.05. The number of nitrogens with one attached hydrogen (secondary N) is 2. The summed E-state index contributed by atoms with van der Waals surface area (Å²) in [6.07, 6.45) is 1.41. The highest BCUT2D eigenvalue weighted by molar-refractivity contribution is 6.01. The molecule has 0 radical (unpaired) electrons. The molecule has 2 heterocycles. The fourth-order valence-electron chi connectivity index (χ4n) is 3.29. The first-order valence-corrected chi connectivity index (χ1v) is 9.35. The fraction of sp³-hybridized carbons (Fsp3) is 0.136. The van der Waals surface area contributed by atoms with Crippen LogP contribution in [-0.4, -0.2) is 25.8 Å². The Bertz CT molecular complexity index is 1260. The Morgan fingerprint density at radius 3 is 2.60 bits per heavy atom. The Morgan fingerprint density at radius 1 is 1.20 bits per heavy atom. The normalized spacial score (nSPS) is 12.1. The van der Waals surface area contributed by atoms with Crippen molar-refractivity contribution in [2.24, 2.45) is 0 Å². The standard InChI is InChI=1S/C22H19FN4O3/c1-13(15-7-9-16(23)10-8-15)25-21(29)18-19(28)17-11-24-27(20(17)26-22(18)30)12-14-5-3-2-4-6-14/h2-11,13H,12H2,1H3,(H,25,29)(H2,26,28,30). The van der Waals surface area contributed by atoms with Gasteiger partial charge in [0.25, 0.3) is 11.5 Å². The summed E-state index contributed by atoms with van der Waals surface area (Å²) in [4.78, 5) is 27.9. The number of benzene rings is 2. The SMILES string of the molecule is CC(NC(=O)c1c(O)c2cnn(Cc3ccccc3)c2[nH]c1=O)c1ccc(F)cc1. The molecule has 0 fully saturated rings. The molecule has 0 spiro atoms. The highest BCUT2D eigenvalue weighted by Crippen LogP contribution is 2.25. The first-order chi connectivity index (χ1) is 14.4. The number of pyridine rings is 1. The largest absolute Gasteiger partial charge is 0.506 e. The number of carbonyl (C=O) groups is 1. The number of H-pyrrole nitrogens is 1. The maximum absolute atomic E-state index is 13.1. The minimum absolute atomic E-state index is 0.269. The van der Waals surface area contributed by atoms with E-state index in [1.807, 2.05) is 30.3 Å². The van der Waals surface area contributed by atoms with Gasteiger partial charge in [-0.2, -0.15) is 5.10 Å². The topological polar surface area (TPSA) is 100 Å². The number of aromatic hydroxyl groups is 1. The number of aromatic amines is 1. The second kappa shape index (κ2) is 7.82. The smallest absolute Gasteiger partial charge is 0.266 e. The van der Waals surface area contributed by atoms with Crippen LogP contribution in [0.1, 0.15) is 34.5 Å². The van der Waals surface area contributed by atoms with Gasteiger partial charge < -0.3 is 15.4 Å². The van der Waals surface area contributed by atoms with E-state index in [2.05, 4.69) is 15.4 Å². The van der Waals surface area contributed by atoms with Crippen LogP contribution < -0.4 is 10.9 Å². The molecule has 1 atom stereocenters. The molecule has 8 heteroatoms. The molecule has 0 bridgehead atoms. The van der Waals surface area contributed by atoms with Crippen LogP contribution in [0.4, 0.5) is 4.39 Å². The molecule has 2 aromatic carbocycles. The monoisotopic (exact) mass is 406 g/mol. The van der Waals surface area contributed by atoms with E-state index in [0.29, 0.717) is 17.8 Å². The van der Waals surface area contributed by atoms with Gasteiger partial charge in [-0.15, -0.1) is 0 Å². The molecule has 0 aliphatic carbocycles. The minimum Gasteiger partial charge on any atom is -0.506 e. The molecular formula is C22H19FN4O3. The number of carbonyl (C=O) groups excluding carboxylic acids is 1. The molecule has 152 valence electrons. The third-order valence-corrected chi connectivity index (χ3v) is 4.91. The lowest BCUT2D eigenvalue weighted by atomic mass is 10.1. The highest BCUT2D eigenvalue weighted by Gasteiger charge is 2.23. The number of fused-ring (bicyclic) bond motifs is 1. The number of aromatic nitrogens is 3. The molecule has 2 aromatic heterocycles. The fourth-order valence-corrected chi connectivity index (χ4v) is 3.29. The Labute approximate surface area is 170 Å². The van der Waals surface area contributed by atoms with Crippen molar-refractivity contribution in [3.05, 3.63) is 93.7 Å². The predicted octanol–water partition coefficient (Wildman–Crippen LogP) is 3.11. The zero-order chi connectivity index (χ0) is 21.3. The first-order valence-electron chi connectivity index (χ1n) is 9.35. The van der Waals surface area contributed by atoms with Gasteiger partial charge >= 0.3 is 0 Å². The second-order valence-corrected chi connectivity index (χ2v) is 6.97. The van der Waals surface area contributed by atoms with E-state index in [4.69, 9.17) is 0 Å². The van der Waals surface area contributed by atoms with Crippen molar-refractivity contribution >= 4 is 16.9 Å². The van der Waals surface area contributed by atoms with Crippen molar-refractivity contribution in [2.75, 3.05) is 0 Å². The molecule has 1 amide bonds. The predicted molar refractivity (Wildman–Crippen MR) is 110 cm³/mol. The van der Waals surface area contributed by atoms with Gasteiger partial charge in [-0.3, -0.25) is 9.59 Å². The zero-order valence-electron chi connectivity index (χ0n) is 16.1. The summed E-state index contributed by atoms with van der Waals surface area (Å²) in [6, 6.07) is 14.7. The molecule has 7 nitrogen and oxygen atoms in total. The van der Waals surface area contributed by atoms with E-state index in [1.165, 1.54) is 18.3 Å². The van der Waals surface area contributed by atoms with Gasteiger partial charge in [0.2, 0.25) is 0 Å². The van der Waals surface area contributed by atoms with Crippen LogP contribution >= 0.6 is 0 Å². The van der Waals surface area contributed by atoms with Gasteiger partial charge in [0.15, 0.2) is 0 Å². The molecular weight excluding hydrogens is 387 g/mol. The molecule has 0 saturated carbocycles. The first kappa shape index (κ1) is 19.4. The average molecular weight is 406 g/mol. The van der Waals surface area contributed by atoms with E-state index in [1.54, 1.807) is 23.7 Å². The Hall–Kier alpha value is -3.94. The summed E-state index contributed by atoms with van der Waals surface area (Å²) in [5.74, 6) is -1.55. The maximum Gasteiger partial charge on any atom is 0.266 e. The lowest BCUT2D eigenvalue weighted by Crippen LogP contribution is -2.31. The van der Waals surface area contributed by atoms with Gasteiger partial charge in [-0.1, -0.05) is 42.5 Å². The summed E-state index contributed by atoms with van der Waals surface area (Å²) in [7, 11) is 0. The molecule has 3 N–H and O–H groups in total. The van der Waals surface area contributed by atoms with Gasteiger partial charge in [-0.05, 0) is 30.2 Å². The lowest BCUT2D eigenvalue weighted by Gasteiger charge is -2.15.